The molecule has 1 heterocycles. The zero-order valence-corrected chi connectivity index (χ0v) is 22.1. The number of hydrogen-bond donors (Lipinski definition) is 1. The summed E-state index contributed by atoms with van der Waals surface area (Å²) >= 11 is 0. The van der Waals surface area contributed by atoms with Gasteiger partial charge in [0.05, 0.1) is 5.56 Å². The molecule has 1 atom stereocenters. The van der Waals surface area contributed by atoms with Crippen molar-refractivity contribution in [2.45, 2.75) is 95.3 Å². The molecule has 3 aromatic rings. The monoisotopic (exact) mass is 524 g/mol. The first kappa shape index (κ1) is 27.0. The molecule has 0 radical (unpaired) electrons. The Balaban J connectivity index is 1.49. The summed E-state index contributed by atoms with van der Waals surface area (Å²) in [6.07, 6.45) is 8.36. The quantitative estimate of drug-likeness (QED) is 0.323. The maximum Gasteiger partial charge on any atom is 0.416 e. The lowest BCUT2D eigenvalue weighted by Gasteiger charge is -2.26. The first-order chi connectivity index (χ1) is 18.3. The van der Waals surface area contributed by atoms with E-state index in [0.717, 1.165) is 54.8 Å². The van der Waals surface area contributed by atoms with Crippen LogP contribution in [0.2, 0.25) is 0 Å². The maximum absolute atomic E-state index is 13.7. The number of carbonyl (C=O) groups is 1. The molecule has 204 valence electrons. The van der Waals surface area contributed by atoms with Gasteiger partial charge in [-0.3, -0.25) is 4.79 Å². The number of aromatic nitrogens is 1. The second kappa shape index (κ2) is 11.6. The van der Waals surface area contributed by atoms with Crippen molar-refractivity contribution in [3.05, 3.63) is 71.4 Å². The summed E-state index contributed by atoms with van der Waals surface area (Å²) in [6.45, 7) is 0.909. The molecule has 2 saturated carbocycles. The summed E-state index contributed by atoms with van der Waals surface area (Å²) in [7, 11) is 0. The third-order valence-electron chi connectivity index (χ3n) is 8.83. The molecule has 5 rings (SSSR count). The van der Waals surface area contributed by atoms with E-state index in [1.165, 1.54) is 44.2 Å². The van der Waals surface area contributed by atoms with Crippen molar-refractivity contribution in [2.24, 2.45) is 17.6 Å². The van der Waals surface area contributed by atoms with Crippen molar-refractivity contribution in [3.8, 4) is 0 Å². The van der Waals surface area contributed by atoms with Crippen LogP contribution in [0.25, 0.3) is 10.9 Å². The van der Waals surface area contributed by atoms with Crippen molar-refractivity contribution < 1.29 is 18.0 Å². The lowest BCUT2D eigenvalue weighted by Crippen LogP contribution is -2.27. The summed E-state index contributed by atoms with van der Waals surface area (Å²) in [4.78, 5) is 13.4. The van der Waals surface area contributed by atoms with Gasteiger partial charge in [0.15, 0.2) is 0 Å². The van der Waals surface area contributed by atoms with Crippen LogP contribution in [0, 0.1) is 11.8 Å². The molecule has 0 spiro atoms. The second-order valence-corrected chi connectivity index (χ2v) is 11.7. The van der Waals surface area contributed by atoms with Crippen LogP contribution >= 0.6 is 0 Å². The Bertz CT molecular complexity index is 1230. The van der Waals surface area contributed by atoms with Gasteiger partial charge in [0, 0.05) is 48.4 Å². The van der Waals surface area contributed by atoms with Gasteiger partial charge in [0.25, 0.3) is 0 Å². The predicted octanol–water partition coefficient (Wildman–Crippen LogP) is 8.24. The van der Waals surface area contributed by atoms with Gasteiger partial charge >= 0.3 is 6.18 Å². The van der Waals surface area contributed by atoms with Crippen LogP contribution in [0.4, 0.5) is 13.2 Å². The van der Waals surface area contributed by atoms with Crippen LogP contribution in [0.5, 0.6) is 0 Å². The first-order valence-corrected chi connectivity index (χ1v) is 14.3. The molecule has 0 amide bonds. The number of para-hydroxylation sites is 1. The van der Waals surface area contributed by atoms with Gasteiger partial charge in [-0.2, -0.15) is 13.2 Å². The lowest BCUT2D eigenvalue weighted by molar-refractivity contribution is -0.137. The van der Waals surface area contributed by atoms with Crippen LogP contribution in [0.15, 0.2) is 54.7 Å². The lowest BCUT2D eigenvalue weighted by atomic mass is 9.80. The largest absolute Gasteiger partial charge is 0.416 e. The number of fused-ring (bicyclic) bond motifs is 1. The van der Waals surface area contributed by atoms with Crippen molar-refractivity contribution in [3.63, 3.8) is 0 Å². The number of nitrogens with two attached hydrogens (primary N) is 1. The number of carbonyl (C=O) groups excluding carboxylic acids is 1. The number of benzene rings is 2. The minimum absolute atomic E-state index is 0.122. The highest BCUT2D eigenvalue weighted by Crippen LogP contribution is 2.39. The molecule has 0 saturated heterocycles. The van der Waals surface area contributed by atoms with Gasteiger partial charge in [0.1, 0.15) is 5.78 Å². The Morgan fingerprint density at radius 1 is 0.921 bits per heavy atom. The zero-order chi connectivity index (χ0) is 26.7. The van der Waals surface area contributed by atoms with Crippen molar-refractivity contribution >= 4 is 16.7 Å². The van der Waals surface area contributed by atoms with E-state index in [1.807, 2.05) is 12.1 Å². The summed E-state index contributed by atoms with van der Waals surface area (Å²) in [5, 5.41) is 1.03. The van der Waals surface area contributed by atoms with E-state index in [9.17, 15) is 18.0 Å². The SMILES string of the molecule is NC1CCC(CC(=O)CC(c2cccc(C(F)(F)F)c2)c2cn(CC3CCCCC3)c3ccccc23)CC1. The number of Topliss-reactive ketones (excluding diaryl/α,β-unsaturated/α-hetero) is 1. The second-order valence-electron chi connectivity index (χ2n) is 11.7. The number of ketones is 1. The van der Waals surface area contributed by atoms with E-state index in [-0.39, 0.29) is 18.2 Å². The first-order valence-electron chi connectivity index (χ1n) is 14.3. The Morgan fingerprint density at radius 3 is 2.39 bits per heavy atom. The normalized spacial score (nSPS) is 22.0. The number of hydrogen-bond acceptors (Lipinski definition) is 2. The fraction of sp³-hybridized carbons (Fsp3) is 0.531. The molecule has 3 nitrogen and oxygen atoms in total. The Morgan fingerprint density at radius 2 is 1.66 bits per heavy atom. The molecule has 6 heteroatoms. The summed E-state index contributed by atoms with van der Waals surface area (Å²) in [5.41, 5.74) is 7.99. The van der Waals surface area contributed by atoms with Crippen LogP contribution in [-0.2, 0) is 17.5 Å². The average molecular weight is 525 g/mol. The molecule has 2 aromatic carbocycles. The van der Waals surface area contributed by atoms with Crippen LogP contribution in [0.1, 0.15) is 93.2 Å². The average Bonchev–Trinajstić information content (AvgIpc) is 3.27. The third-order valence-corrected chi connectivity index (χ3v) is 8.83. The molecule has 38 heavy (non-hydrogen) atoms. The summed E-state index contributed by atoms with van der Waals surface area (Å²) in [6, 6.07) is 13.9. The third kappa shape index (κ3) is 6.33. The highest BCUT2D eigenvalue weighted by molar-refractivity contribution is 5.87. The smallest absolute Gasteiger partial charge is 0.347 e. The highest BCUT2D eigenvalue weighted by atomic mass is 19.4. The molecule has 1 aromatic heterocycles. The maximum atomic E-state index is 13.7. The Kier molecular flexibility index (Phi) is 8.27. The van der Waals surface area contributed by atoms with Gasteiger partial charge in [0.2, 0.25) is 0 Å². The molecule has 2 N–H and O–H groups in total. The topological polar surface area (TPSA) is 48.0 Å². The molecule has 2 aliphatic carbocycles. The number of nitrogens with zero attached hydrogens (tertiary/aromatic N) is 1. The van der Waals surface area contributed by atoms with Crippen molar-refractivity contribution in [1.82, 2.24) is 4.57 Å². The van der Waals surface area contributed by atoms with E-state index < -0.39 is 17.7 Å². The highest BCUT2D eigenvalue weighted by Gasteiger charge is 2.32. The molecular weight excluding hydrogens is 485 g/mol. The van der Waals surface area contributed by atoms with E-state index in [1.54, 1.807) is 6.07 Å². The van der Waals surface area contributed by atoms with Crippen LogP contribution < -0.4 is 5.73 Å². The van der Waals surface area contributed by atoms with Gasteiger partial charge in [-0.15, -0.1) is 0 Å². The van der Waals surface area contributed by atoms with Gasteiger partial charge in [-0.1, -0.05) is 55.7 Å². The Labute approximate surface area is 223 Å². The van der Waals surface area contributed by atoms with Crippen molar-refractivity contribution in [1.29, 1.82) is 0 Å². The fourth-order valence-corrected chi connectivity index (χ4v) is 6.72. The standard InChI is InChI=1S/C32H39F3N2O/c33-32(34,35)25-10-6-9-24(18-25)29(19-27(38)17-22-13-15-26(36)16-14-22)30-21-37(20-23-7-2-1-3-8-23)31-12-5-4-11-28(30)31/h4-6,9-12,18,21-23,26,29H,1-3,7-8,13-17,19-20,36H2. The predicted molar refractivity (Wildman–Crippen MR) is 146 cm³/mol. The van der Waals surface area contributed by atoms with E-state index in [0.29, 0.717) is 23.8 Å². The minimum Gasteiger partial charge on any atom is -0.347 e. The van der Waals surface area contributed by atoms with Gasteiger partial charge < -0.3 is 10.3 Å². The van der Waals surface area contributed by atoms with Crippen LogP contribution in [-0.4, -0.2) is 16.4 Å². The number of rotatable bonds is 8. The van der Waals surface area contributed by atoms with Crippen molar-refractivity contribution in [2.75, 3.05) is 0 Å². The molecule has 0 aliphatic heterocycles. The van der Waals surface area contributed by atoms with E-state index in [4.69, 9.17) is 5.73 Å². The van der Waals surface area contributed by atoms with Gasteiger partial charge in [-0.25, -0.2) is 0 Å². The zero-order valence-electron chi connectivity index (χ0n) is 22.1. The summed E-state index contributed by atoms with van der Waals surface area (Å²) in [5.74, 6) is 0.626. The van der Waals surface area contributed by atoms with Gasteiger partial charge in [-0.05, 0) is 73.6 Å². The van der Waals surface area contributed by atoms with E-state index >= 15 is 0 Å². The summed E-state index contributed by atoms with van der Waals surface area (Å²) < 4.78 is 43.3. The molecular formula is C32H39F3N2O. The number of halogens is 3. The van der Waals surface area contributed by atoms with E-state index in [2.05, 4.69) is 22.9 Å². The number of alkyl halides is 3. The fourth-order valence-electron chi connectivity index (χ4n) is 6.72. The molecule has 2 aliphatic rings. The molecule has 0 bridgehead atoms. The Hall–Kier alpha value is -2.60. The van der Waals surface area contributed by atoms with Crippen LogP contribution in [0.3, 0.4) is 0 Å². The molecule has 2 fully saturated rings. The minimum atomic E-state index is -4.43. The molecule has 1 unspecified atom stereocenters.